The van der Waals surface area contributed by atoms with Crippen LogP contribution in [-0.4, -0.2) is 6.04 Å². The molecule has 0 fully saturated rings. The number of hydrazine groups is 1. The molecule has 0 aliphatic rings. The maximum Gasteiger partial charge on any atom is 0.0931 e. The zero-order valence-corrected chi connectivity index (χ0v) is 8.87. The summed E-state index contributed by atoms with van der Waals surface area (Å²) >= 11 is 7.40. The largest absolute Gasteiger partial charge is 0.271 e. The molecule has 1 rings (SSSR count). The topological polar surface area (TPSA) is 38.0 Å². The number of hydrogen-bond donors (Lipinski definition) is 2. The molecule has 0 aliphatic carbocycles. The highest BCUT2D eigenvalue weighted by Crippen LogP contribution is 2.22. The van der Waals surface area contributed by atoms with Crippen molar-refractivity contribution in [2.75, 3.05) is 0 Å². The standard InChI is InChI=1S/C9H13ClN2S/c1-2-3-7(12-11)6-8-4-5-9(10)13-8/h2,4-5,7,12H,1,3,6,11H2. The summed E-state index contributed by atoms with van der Waals surface area (Å²) in [5, 5.41) is 0. The zero-order chi connectivity index (χ0) is 9.68. The second-order valence-corrected chi connectivity index (χ2v) is 4.60. The average Bonchev–Trinajstić information content (AvgIpc) is 2.50. The Hall–Kier alpha value is -0.350. The van der Waals surface area contributed by atoms with Gasteiger partial charge in [0.1, 0.15) is 0 Å². The zero-order valence-electron chi connectivity index (χ0n) is 7.29. The first kappa shape index (κ1) is 10.7. The molecule has 72 valence electrons. The maximum absolute atomic E-state index is 5.81. The summed E-state index contributed by atoms with van der Waals surface area (Å²) in [6.45, 7) is 3.68. The second-order valence-electron chi connectivity index (χ2n) is 2.80. The molecular formula is C9H13ClN2S. The van der Waals surface area contributed by atoms with Gasteiger partial charge in [-0.05, 0) is 25.0 Å². The third-order valence-electron chi connectivity index (χ3n) is 1.76. The molecule has 1 aromatic heterocycles. The van der Waals surface area contributed by atoms with E-state index in [1.165, 1.54) is 4.88 Å². The van der Waals surface area contributed by atoms with Crippen molar-refractivity contribution in [2.24, 2.45) is 5.84 Å². The summed E-state index contributed by atoms with van der Waals surface area (Å²) in [6.07, 6.45) is 3.63. The van der Waals surface area contributed by atoms with Gasteiger partial charge in [-0.1, -0.05) is 17.7 Å². The lowest BCUT2D eigenvalue weighted by Crippen LogP contribution is -2.36. The van der Waals surface area contributed by atoms with Crippen LogP contribution in [0.5, 0.6) is 0 Å². The van der Waals surface area contributed by atoms with Crippen molar-refractivity contribution >= 4 is 22.9 Å². The van der Waals surface area contributed by atoms with Crippen LogP contribution in [0, 0.1) is 0 Å². The Labute approximate surface area is 87.4 Å². The summed E-state index contributed by atoms with van der Waals surface area (Å²) < 4.78 is 0.823. The van der Waals surface area contributed by atoms with Crippen LogP contribution in [0.3, 0.4) is 0 Å². The van der Waals surface area contributed by atoms with E-state index in [1.807, 2.05) is 18.2 Å². The molecule has 0 saturated carbocycles. The predicted molar refractivity (Wildman–Crippen MR) is 59.0 cm³/mol. The first-order chi connectivity index (χ1) is 6.26. The van der Waals surface area contributed by atoms with Crippen LogP contribution in [0.4, 0.5) is 0 Å². The van der Waals surface area contributed by atoms with Crippen LogP contribution in [0.15, 0.2) is 24.8 Å². The predicted octanol–water partition coefficient (Wildman–Crippen LogP) is 2.35. The van der Waals surface area contributed by atoms with E-state index >= 15 is 0 Å². The molecule has 4 heteroatoms. The summed E-state index contributed by atoms with van der Waals surface area (Å²) in [4.78, 5) is 1.25. The first-order valence-corrected chi connectivity index (χ1v) is 5.27. The van der Waals surface area contributed by atoms with Crippen LogP contribution in [0.25, 0.3) is 0 Å². The molecule has 1 atom stereocenters. The monoisotopic (exact) mass is 216 g/mol. The molecule has 0 aliphatic heterocycles. The Balaban J connectivity index is 2.50. The van der Waals surface area contributed by atoms with Gasteiger partial charge in [0.05, 0.1) is 4.34 Å². The van der Waals surface area contributed by atoms with Gasteiger partial charge in [0.25, 0.3) is 0 Å². The number of nitrogens with one attached hydrogen (secondary N) is 1. The van der Waals surface area contributed by atoms with Gasteiger partial charge in [-0.3, -0.25) is 11.3 Å². The van der Waals surface area contributed by atoms with Gasteiger partial charge in [0, 0.05) is 10.9 Å². The van der Waals surface area contributed by atoms with E-state index < -0.39 is 0 Å². The fraction of sp³-hybridized carbons (Fsp3) is 0.333. The van der Waals surface area contributed by atoms with Crippen LogP contribution in [0.1, 0.15) is 11.3 Å². The third kappa shape index (κ3) is 3.48. The van der Waals surface area contributed by atoms with Crippen LogP contribution in [0.2, 0.25) is 4.34 Å². The Morgan fingerprint density at radius 2 is 2.46 bits per heavy atom. The summed E-state index contributed by atoms with van der Waals surface area (Å²) in [7, 11) is 0. The maximum atomic E-state index is 5.81. The molecule has 1 heterocycles. The Morgan fingerprint density at radius 1 is 1.69 bits per heavy atom. The highest BCUT2D eigenvalue weighted by Gasteiger charge is 2.07. The van der Waals surface area contributed by atoms with E-state index in [0.717, 1.165) is 17.2 Å². The van der Waals surface area contributed by atoms with Gasteiger partial charge >= 0.3 is 0 Å². The van der Waals surface area contributed by atoms with Crippen molar-refractivity contribution in [1.29, 1.82) is 0 Å². The van der Waals surface area contributed by atoms with E-state index in [1.54, 1.807) is 11.3 Å². The third-order valence-corrected chi connectivity index (χ3v) is 3.02. The van der Waals surface area contributed by atoms with Crippen molar-refractivity contribution < 1.29 is 0 Å². The molecule has 0 aromatic carbocycles. The van der Waals surface area contributed by atoms with Gasteiger partial charge in [0.2, 0.25) is 0 Å². The fourth-order valence-electron chi connectivity index (χ4n) is 1.12. The van der Waals surface area contributed by atoms with Crippen molar-refractivity contribution in [3.63, 3.8) is 0 Å². The minimum absolute atomic E-state index is 0.257. The van der Waals surface area contributed by atoms with Gasteiger partial charge in [-0.15, -0.1) is 17.9 Å². The number of hydrogen-bond acceptors (Lipinski definition) is 3. The molecule has 0 amide bonds. The van der Waals surface area contributed by atoms with Crippen molar-refractivity contribution in [3.05, 3.63) is 34.0 Å². The second kappa shape index (κ2) is 5.40. The van der Waals surface area contributed by atoms with E-state index in [0.29, 0.717) is 0 Å². The quantitative estimate of drug-likeness (QED) is 0.451. The van der Waals surface area contributed by atoms with Crippen molar-refractivity contribution in [1.82, 2.24) is 5.43 Å². The van der Waals surface area contributed by atoms with Crippen LogP contribution >= 0.6 is 22.9 Å². The molecule has 0 saturated heterocycles. The van der Waals surface area contributed by atoms with E-state index in [-0.39, 0.29) is 6.04 Å². The highest BCUT2D eigenvalue weighted by molar-refractivity contribution is 7.16. The lowest BCUT2D eigenvalue weighted by molar-refractivity contribution is 0.534. The Morgan fingerprint density at radius 3 is 2.92 bits per heavy atom. The number of nitrogens with two attached hydrogens (primary N) is 1. The van der Waals surface area contributed by atoms with Crippen LogP contribution < -0.4 is 11.3 Å². The number of thiophene rings is 1. The molecule has 1 unspecified atom stereocenters. The van der Waals surface area contributed by atoms with Gasteiger partial charge < -0.3 is 0 Å². The Bertz CT molecular complexity index is 272. The number of rotatable bonds is 5. The first-order valence-electron chi connectivity index (χ1n) is 4.07. The molecule has 0 radical (unpaired) electrons. The summed E-state index contributed by atoms with van der Waals surface area (Å²) in [5.74, 6) is 5.39. The summed E-state index contributed by atoms with van der Waals surface area (Å²) in [6, 6.07) is 4.19. The lowest BCUT2D eigenvalue weighted by Gasteiger charge is -2.11. The normalized spacial score (nSPS) is 12.8. The van der Waals surface area contributed by atoms with Crippen LogP contribution in [-0.2, 0) is 6.42 Å². The van der Waals surface area contributed by atoms with Gasteiger partial charge in [0.15, 0.2) is 0 Å². The van der Waals surface area contributed by atoms with Gasteiger partial charge in [-0.25, -0.2) is 0 Å². The molecule has 1 aromatic rings. The van der Waals surface area contributed by atoms with Gasteiger partial charge in [-0.2, -0.15) is 0 Å². The molecule has 13 heavy (non-hydrogen) atoms. The van der Waals surface area contributed by atoms with Crippen molar-refractivity contribution in [2.45, 2.75) is 18.9 Å². The minimum atomic E-state index is 0.257. The van der Waals surface area contributed by atoms with Crippen molar-refractivity contribution in [3.8, 4) is 0 Å². The minimum Gasteiger partial charge on any atom is -0.271 e. The summed E-state index contributed by atoms with van der Waals surface area (Å²) in [5.41, 5.74) is 2.75. The smallest absolute Gasteiger partial charge is 0.0931 e. The molecule has 0 bridgehead atoms. The fourth-order valence-corrected chi connectivity index (χ4v) is 2.28. The highest BCUT2D eigenvalue weighted by atomic mass is 35.5. The molecule has 2 nitrogen and oxygen atoms in total. The number of halogens is 1. The SMILES string of the molecule is C=CCC(Cc1ccc(Cl)s1)NN. The molecule has 0 spiro atoms. The lowest BCUT2D eigenvalue weighted by atomic mass is 10.1. The molecule has 3 N–H and O–H groups in total. The molecular weight excluding hydrogens is 204 g/mol. The van der Waals surface area contributed by atoms with E-state index in [4.69, 9.17) is 17.4 Å². The average molecular weight is 217 g/mol. The van der Waals surface area contributed by atoms with E-state index in [9.17, 15) is 0 Å². The van der Waals surface area contributed by atoms with E-state index in [2.05, 4.69) is 12.0 Å². The Kier molecular flexibility index (Phi) is 4.45.